The lowest BCUT2D eigenvalue weighted by molar-refractivity contribution is 0.0576. The van der Waals surface area contributed by atoms with Gasteiger partial charge in [0.05, 0.1) is 0 Å². The molecule has 5 nitrogen and oxygen atoms in total. The van der Waals surface area contributed by atoms with E-state index in [4.69, 9.17) is 11.6 Å². The molecule has 1 amide bonds. The lowest BCUT2D eigenvalue weighted by Crippen LogP contribution is -2.49. The number of carbonyl (C=O) groups excluding carboxylic acids is 1. The van der Waals surface area contributed by atoms with E-state index in [1.807, 2.05) is 24.3 Å². The molecule has 0 bridgehead atoms. The number of H-pyrrole nitrogens is 1. The van der Waals surface area contributed by atoms with E-state index in [2.05, 4.69) is 16.8 Å². The smallest absolute Gasteiger partial charge is 0.270 e. The monoisotopic (exact) mass is 345 g/mol. The number of piperazine rings is 1. The van der Waals surface area contributed by atoms with Gasteiger partial charge in [0.1, 0.15) is 5.69 Å². The second-order valence-corrected chi connectivity index (χ2v) is 6.37. The molecule has 0 spiro atoms. The SMILES string of the molecule is CC(c1ccccc1Cl)N1CCN(C(=O)c2cc(=O)cc[nH]2)CC1. The van der Waals surface area contributed by atoms with Gasteiger partial charge in [0.25, 0.3) is 5.91 Å². The van der Waals surface area contributed by atoms with Gasteiger partial charge in [-0.1, -0.05) is 29.8 Å². The van der Waals surface area contributed by atoms with Crippen molar-refractivity contribution in [2.24, 2.45) is 0 Å². The number of aromatic nitrogens is 1. The van der Waals surface area contributed by atoms with E-state index in [0.717, 1.165) is 23.7 Å². The molecule has 1 aromatic heterocycles. The summed E-state index contributed by atoms with van der Waals surface area (Å²) in [6, 6.07) is 10.8. The van der Waals surface area contributed by atoms with E-state index in [1.165, 1.54) is 18.3 Å². The van der Waals surface area contributed by atoms with Crippen LogP contribution in [0.15, 0.2) is 47.4 Å². The van der Waals surface area contributed by atoms with Crippen LogP contribution < -0.4 is 5.43 Å². The fraction of sp³-hybridized carbons (Fsp3) is 0.333. The minimum atomic E-state index is -0.164. The third kappa shape index (κ3) is 3.52. The summed E-state index contributed by atoms with van der Waals surface area (Å²) in [6.45, 7) is 4.94. The van der Waals surface area contributed by atoms with Crippen molar-refractivity contribution in [2.75, 3.05) is 26.2 Å². The van der Waals surface area contributed by atoms with Crippen LogP contribution >= 0.6 is 11.6 Å². The number of pyridine rings is 1. The molecule has 1 fully saturated rings. The molecule has 1 aromatic carbocycles. The van der Waals surface area contributed by atoms with E-state index >= 15 is 0 Å². The van der Waals surface area contributed by atoms with Crippen molar-refractivity contribution in [2.45, 2.75) is 13.0 Å². The average molecular weight is 346 g/mol. The molecule has 3 rings (SSSR count). The summed E-state index contributed by atoms with van der Waals surface area (Å²) in [6.07, 6.45) is 1.51. The second-order valence-electron chi connectivity index (χ2n) is 5.96. The second kappa shape index (κ2) is 7.20. The summed E-state index contributed by atoms with van der Waals surface area (Å²) < 4.78 is 0. The Morgan fingerprint density at radius 2 is 1.88 bits per heavy atom. The molecule has 6 heteroatoms. The Morgan fingerprint density at radius 3 is 2.54 bits per heavy atom. The van der Waals surface area contributed by atoms with Crippen molar-refractivity contribution in [3.8, 4) is 0 Å². The van der Waals surface area contributed by atoms with Crippen LogP contribution in [0.5, 0.6) is 0 Å². The minimum Gasteiger partial charge on any atom is -0.357 e. The average Bonchev–Trinajstić information content (AvgIpc) is 2.61. The zero-order valence-electron chi connectivity index (χ0n) is 13.5. The lowest BCUT2D eigenvalue weighted by Gasteiger charge is -2.38. The number of hydrogen-bond donors (Lipinski definition) is 1. The van der Waals surface area contributed by atoms with Crippen molar-refractivity contribution in [3.05, 3.63) is 69.1 Å². The fourth-order valence-corrected chi connectivity index (χ4v) is 3.36. The molecule has 126 valence electrons. The van der Waals surface area contributed by atoms with Crippen LogP contribution in [0.2, 0.25) is 5.02 Å². The van der Waals surface area contributed by atoms with Crippen molar-refractivity contribution in [1.29, 1.82) is 0 Å². The topological polar surface area (TPSA) is 56.4 Å². The summed E-state index contributed by atoms with van der Waals surface area (Å²) in [5.74, 6) is -0.127. The summed E-state index contributed by atoms with van der Waals surface area (Å²) in [5, 5.41) is 0.769. The minimum absolute atomic E-state index is 0.127. The van der Waals surface area contributed by atoms with Gasteiger partial charge >= 0.3 is 0 Å². The Labute approximate surface area is 145 Å². The quantitative estimate of drug-likeness (QED) is 0.930. The van der Waals surface area contributed by atoms with Crippen LogP contribution in [0.25, 0.3) is 0 Å². The van der Waals surface area contributed by atoms with Gasteiger partial charge in [0, 0.05) is 55.6 Å². The van der Waals surface area contributed by atoms with E-state index in [-0.39, 0.29) is 17.4 Å². The maximum Gasteiger partial charge on any atom is 0.270 e. The van der Waals surface area contributed by atoms with Gasteiger partial charge in [-0.2, -0.15) is 0 Å². The molecule has 1 aliphatic rings. The van der Waals surface area contributed by atoms with Crippen molar-refractivity contribution in [3.63, 3.8) is 0 Å². The Balaban J connectivity index is 1.64. The number of nitrogens with zero attached hydrogens (tertiary/aromatic N) is 2. The van der Waals surface area contributed by atoms with Crippen LogP contribution in [0.4, 0.5) is 0 Å². The Morgan fingerprint density at radius 1 is 1.17 bits per heavy atom. The molecule has 1 N–H and O–H groups in total. The van der Waals surface area contributed by atoms with Crippen molar-refractivity contribution >= 4 is 17.5 Å². The van der Waals surface area contributed by atoms with Crippen LogP contribution in [0, 0.1) is 0 Å². The number of amides is 1. The van der Waals surface area contributed by atoms with Crippen LogP contribution in [0.1, 0.15) is 29.0 Å². The lowest BCUT2D eigenvalue weighted by atomic mass is 10.1. The molecule has 24 heavy (non-hydrogen) atoms. The molecule has 2 aromatic rings. The summed E-state index contributed by atoms with van der Waals surface area (Å²) in [7, 11) is 0. The third-order valence-electron chi connectivity index (χ3n) is 4.51. The number of rotatable bonds is 3. The maximum atomic E-state index is 12.5. The largest absolute Gasteiger partial charge is 0.357 e. The molecule has 0 aliphatic carbocycles. The van der Waals surface area contributed by atoms with Gasteiger partial charge in [0.2, 0.25) is 0 Å². The zero-order valence-corrected chi connectivity index (χ0v) is 14.3. The fourth-order valence-electron chi connectivity index (χ4n) is 3.06. The Bertz CT molecular complexity index is 782. The number of hydrogen-bond acceptors (Lipinski definition) is 3. The van der Waals surface area contributed by atoms with Gasteiger partial charge in [0.15, 0.2) is 5.43 Å². The third-order valence-corrected chi connectivity index (χ3v) is 4.85. The highest BCUT2D eigenvalue weighted by molar-refractivity contribution is 6.31. The first-order valence-electron chi connectivity index (χ1n) is 8.03. The summed E-state index contributed by atoms with van der Waals surface area (Å²) >= 11 is 6.29. The first kappa shape index (κ1) is 16.7. The van der Waals surface area contributed by atoms with Gasteiger partial charge in [-0.15, -0.1) is 0 Å². The molecule has 1 atom stereocenters. The molecule has 0 saturated carbocycles. The normalized spacial score (nSPS) is 16.8. The molecular weight excluding hydrogens is 326 g/mol. The van der Waals surface area contributed by atoms with Gasteiger partial charge in [-0.3, -0.25) is 14.5 Å². The van der Waals surface area contributed by atoms with E-state index < -0.39 is 0 Å². The van der Waals surface area contributed by atoms with E-state index in [9.17, 15) is 9.59 Å². The number of benzene rings is 1. The van der Waals surface area contributed by atoms with Crippen LogP contribution in [-0.4, -0.2) is 46.9 Å². The van der Waals surface area contributed by atoms with Gasteiger partial charge in [-0.25, -0.2) is 0 Å². The summed E-state index contributed by atoms with van der Waals surface area (Å²) in [4.78, 5) is 30.8. The van der Waals surface area contributed by atoms with E-state index in [0.29, 0.717) is 18.8 Å². The molecule has 0 radical (unpaired) electrons. The predicted molar refractivity (Wildman–Crippen MR) is 94.4 cm³/mol. The first-order chi connectivity index (χ1) is 11.6. The van der Waals surface area contributed by atoms with Gasteiger partial charge in [-0.05, 0) is 18.6 Å². The Kier molecular flexibility index (Phi) is 5.02. The Hall–Kier alpha value is -2.11. The molecule has 1 unspecified atom stereocenters. The molecule has 1 aliphatic heterocycles. The highest BCUT2D eigenvalue weighted by Crippen LogP contribution is 2.27. The highest BCUT2D eigenvalue weighted by atomic mass is 35.5. The molecule has 1 saturated heterocycles. The maximum absolute atomic E-state index is 12.5. The van der Waals surface area contributed by atoms with Gasteiger partial charge < -0.3 is 9.88 Å². The highest BCUT2D eigenvalue weighted by Gasteiger charge is 2.26. The van der Waals surface area contributed by atoms with E-state index in [1.54, 1.807) is 4.90 Å². The van der Waals surface area contributed by atoms with Crippen LogP contribution in [-0.2, 0) is 0 Å². The molecule has 2 heterocycles. The van der Waals surface area contributed by atoms with Crippen LogP contribution in [0.3, 0.4) is 0 Å². The summed E-state index contributed by atoms with van der Waals surface area (Å²) in [5.41, 5.74) is 1.28. The molecular formula is C18H20ClN3O2. The number of carbonyl (C=O) groups is 1. The van der Waals surface area contributed by atoms with Crippen molar-refractivity contribution in [1.82, 2.24) is 14.8 Å². The predicted octanol–water partition coefficient (Wildman–Crippen LogP) is 2.55. The zero-order chi connectivity index (χ0) is 17.1. The first-order valence-corrected chi connectivity index (χ1v) is 8.40. The van der Waals surface area contributed by atoms with Crippen molar-refractivity contribution < 1.29 is 4.79 Å². The standard InChI is InChI=1S/C18H20ClN3O2/c1-13(15-4-2-3-5-16(15)19)21-8-10-22(11-9-21)18(24)17-12-14(23)6-7-20-17/h2-7,12-13H,8-11H2,1H3,(H,20,23). The number of aromatic amines is 1. The number of halogens is 1. The number of nitrogens with one attached hydrogen (secondary N) is 1.